The summed E-state index contributed by atoms with van der Waals surface area (Å²) >= 11 is 0. The fourth-order valence-electron chi connectivity index (χ4n) is 1.59. The van der Waals surface area contributed by atoms with Crippen LogP contribution in [0.5, 0.6) is 5.75 Å². The van der Waals surface area contributed by atoms with Crippen molar-refractivity contribution in [3.63, 3.8) is 0 Å². The zero-order valence-corrected chi connectivity index (χ0v) is 10.6. The van der Waals surface area contributed by atoms with Gasteiger partial charge < -0.3 is 15.9 Å². The molecule has 0 heterocycles. The quantitative estimate of drug-likeness (QED) is 0.738. The van der Waals surface area contributed by atoms with Crippen LogP contribution in [0.3, 0.4) is 0 Å². The molecular weight excluding hydrogens is 261 g/mol. The number of hydrogen-bond donors (Lipinski definition) is 3. The molecule has 0 aliphatic heterocycles. The molecule has 18 heavy (non-hydrogen) atoms. The van der Waals surface area contributed by atoms with Crippen molar-refractivity contribution in [2.24, 2.45) is 5.73 Å². The predicted octanol–water partition coefficient (Wildman–Crippen LogP) is 2.62. The van der Waals surface area contributed by atoms with Crippen LogP contribution >= 0.6 is 12.4 Å². The summed E-state index contributed by atoms with van der Waals surface area (Å²) in [5.41, 5.74) is 5.88. The van der Waals surface area contributed by atoms with Gasteiger partial charge in [-0.05, 0) is 25.5 Å². The lowest BCUT2D eigenvalue weighted by molar-refractivity contribution is 0.0693. The van der Waals surface area contributed by atoms with E-state index in [1.54, 1.807) is 6.92 Å². The first-order chi connectivity index (χ1) is 7.84. The van der Waals surface area contributed by atoms with E-state index in [1.165, 1.54) is 0 Å². The van der Waals surface area contributed by atoms with Gasteiger partial charge in [-0.2, -0.15) is 0 Å². The lowest BCUT2D eigenvalue weighted by Crippen LogP contribution is -2.14. The van der Waals surface area contributed by atoms with E-state index in [0.29, 0.717) is 0 Å². The van der Waals surface area contributed by atoms with E-state index >= 15 is 0 Å². The molecule has 4 nitrogen and oxygen atoms in total. The molecule has 0 fully saturated rings. The van der Waals surface area contributed by atoms with E-state index in [1.807, 2.05) is 0 Å². The molecule has 1 aromatic rings. The monoisotopic (exact) mass is 275 g/mol. The first-order valence-corrected chi connectivity index (χ1v) is 4.99. The lowest BCUT2D eigenvalue weighted by Gasteiger charge is -2.15. The van der Waals surface area contributed by atoms with Gasteiger partial charge in [-0.15, -0.1) is 19.0 Å². The van der Waals surface area contributed by atoms with E-state index in [9.17, 15) is 14.3 Å². The molecule has 0 unspecified atom stereocenters. The maximum Gasteiger partial charge on any atom is 0.339 e. The Kier molecular flexibility index (Phi) is 5.81. The van der Waals surface area contributed by atoms with Crippen LogP contribution in [0.25, 0.3) is 0 Å². The SMILES string of the molecule is C=C(C)C[C@@H](N)c1c(F)ccc(C(=O)O)c1O.Cl. The van der Waals surface area contributed by atoms with Gasteiger partial charge in [0.15, 0.2) is 0 Å². The zero-order chi connectivity index (χ0) is 13.2. The van der Waals surface area contributed by atoms with E-state index < -0.39 is 23.6 Å². The number of aromatic hydroxyl groups is 1. The molecule has 1 aromatic carbocycles. The molecule has 0 aliphatic rings. The molecule has 0 aliphatic carbocycles. The van der Waals surface area contributed by atoms with Crippen LogP contribution in [0.1, 0.15) is 35.3 Å². The summed E-state index contributed by atoms with van der Waals surface area (Å²) in [4.78, 5) is 10.8. The average Bonchev–Trinajstić information content (AvgIpc) is 2.15. The molecule has 4 N–H and O–H groups in total. The van der Waals surface area contributed by atoms with Crippen molar-refractivity contribution in [1.82, 2.24) is 0 Å². The standard InChI is InChI=1S/C12H14FNO3.ClH/c1-6(2)5-9(14)10-8(13)4-3-7(11(10)15)12(16)17;/h3-4,9,15H,1,5,14H2,2H3,(H,16,17);1H/t9-;/m1./s1. The number of carboxylic acids is 1. The minimum absolute atomic E-state index is 0. The van der Waals surface area contributed by atoms with Gasteiger partial charge in [0, 0.05) is 11.6 Å². The number of phenols is 1. The number of halogens is 2. The Bertz CT molecular complexity index is 477. The average molecular weight is 276 g/mol. The van der Waals surface area contributed by atoms with Gasteiger partial charge in [-0.25, -0.2) is 9.18 Å². The normalized spacial score (nSPS) is 11.5. The molecule has 1 atom stereocenters. The smallest absolute Gasteiger partial charge is 0.339 e. The summed E-state index contributed by atoms with van der Waals surface area (Å²) in [6, 6.07) is 1.17. The van der Waals surface area contributed by atoms with Crippen LogP contribution in [0.15, 0.2) is 24.3 Å². The van der Waals surface area contributed by atoms with Gasteiger partial charge >= 0.3 is 5.97 Å². The highest BCUT2D eigenvalue weighted by atomic mass is 35.5. The summed E-state index contributed by atoms with van der Waals surface area (Å²) in [5, 5.41) is 18.5. The number of benzene rings is 1. The van der Waals surface area contributed by atoms with Gasteiger partial charge in [0.25, 0.3) is 0 Å². The third-order valence-corrected chi connectivity index (χ3v) is 2.33. The Hall–Kier alpha value is -1.59. The predicted molar refractivity (Wildman–Crippen MR) is 68.6 cm³/mol. The number of carboxylic acid groups (broad SMARTS) is 1. The Morgan fingerprint density at radius 2 is 2.11 bits per heavy atom. The van der Waals surface area contributed by atoms with Crippen LogP contribution in [0.2, 0.25) is 0 Å². The fourth-order valence-corrected chi connectivity index (χ4v) is 1.59. The molecule has 0 spiro atoms. The molecular formula is C12H15ClFNO3. The molecule has 0 radical (unpaired) electrons. The van der Waals surface area contributed by atoms with Crippen molar-refractivity contribution < 1.29 is 19.4 Å². The summed E-state index contributed by atoms with van der Waals surface area (Å²) in [6.45, 7) is 5.36. The molecule has 100 valence electrons. The van der Waals surface area contributed by atoms with E-state index in [-0.39, 0.29) is 30.0 Å². The van der Waals surface area contributed by atoms with E-state index in [0.717, 1.165) is 17.7 Å². The first kappa shape index (κ1) is 16.4. The highest BCUT2D eigenvalue weighted by Gasteiger charge is 2.21. The van der Waals surface area contributed by atoms with Crippen LogP contribution in [0.4, 0.5) is 4.39 Å². The summed E-state index contributed by atoms with van der Waals surface area (Å²) in [5.74, 6) is -2.67. The maximum atomic E-state index is 13.5. The number of rotatable bonds is 4. The van der Waals surface area contributed by atoms with Crippen molar-refractivity contribution in [3.05, 3.63) is 41.2 Å². The van der Waals surface area contributed by atoms with E-state index in [2.05, 4.69) is 6.58 Å². The summed E-state index contributed by atoms with van der Waals surface area (Å²) in [6.07, 6.45) is 0.271. The Balaban J connectivity index is 0.00000289. The van der Waals surface area contributed by atoms with Crippen LogP contribution in [-0.4, -0.2) is 16.2 Å². The molecule has 6 heteroatoms. The molecule has 1 rings (SSSR count). The van der Waals surface area contributed by atoms with Gasteiger partial charge in [-0.3, -0.25) is 0 Å². The molecule has 0 bridgehead atoms. The Labute approximate surface area is 110 Å². The first-order valence-electron chi connectivity index (χ1n) is 4.99. The zero-order valence-electron chi connectivity index (χ0n) is 9.81. The highest BCUT2D eigenvalue weighted by Crippen LogP contribution is 2.32. The Morgan fingerprint density at radius 3 is 2.56 bits per heavy atom. The Morgan fingerprint density at radius 1 is 1.56 bits per heavy atom. The molecule has 0 aromatic heterocycles. The number of nitrogens with two attached hydrogens (primary N) is 1. The van der Waals surface area contributed by atoms with Gasteiger partial charge in [0.05, 0.1) is 0 Å². The van der Waals surface area contributed by atoms with Crippen LogP contribution in [0, 0.1) is 5.82 Å². The second kappa shape index (κ2) is 6.37. The number of aromatic carboxylic acids is 1. The fraction of sp³-hybridized carbons (Fsp3) is 0.250. The topological polar surface area (TPSA) is 83.6 Å². The number of hydrogen-bond acceptors (Lipinski definition) is 3. The van der Waals surface area contributed by atoms with Crippen LogP contribution < -0.4 is 5.73 Å². The van der Waals surface area contributed by atoms with Gasteiger partial charge in [-0.1, -0.05) is 5.57 Å². The molecule has 0 amide bonds. The largest absolute Gasteiger partial charge is 0.507 e. The van der Waals surface area contributed by atoms with E-state index in [4.69, 9.17) is 10.8 Å². The van der Waals surface area contributed by atoms with Crippen molar-refractivity contribution >= 4 is 18.4 Å². The van der Waals surface area contributed by atoms with Crippen molar-refractivity contribution in [2.45, 2.75) is 19.4 Å². The molecule has 0 saturated carbocycles. The number of carbonyl (C=O) groups is 1. The summed E-state index contributed by atoms with van der Waals surface area (Å²) < 4.78 is 13.5. The third-order valence-electron chi connectivity index (χ3n) is 2.33. The van der Waals surface area contributed by atoms with Crippen LogP contribution in [-0.2, 0) is 0 Å². The third kappa shape index (κ3) is 3.45. The van der Waals surface area contributed by atoms with Gasteiger partial charge in [0.2, 0.25) is 0 Å². The van der Waals surface area contributed by atoms with Crippen molar-refractivity contribution in [2.75, 3.05) is 0 Å². The van der Waals surface area contributed by atoms with Crippen molar-refractivity contribution in [3.8, 4) is 5.75 Å². The second-order valence-corrected chi connectivity index (χ2v) is 3.93. The molecule has 0 saturated heterocycles. The van der Waals surface area contributed by atoms with Crippen molar-refractivity contribution in [1.29, 1.82) is 0 Å². The summed E-state index contributed by atoms with van der Waals surface area (Å²) in [7, 11) is 0. The maximum absolute atomic E-state index is 13.5. The second-order valence-electron chi connectivity index (χ2n) is 3.93. The minimum atomic E-state index is -1.33. The van der Waals surface area contributed by atoms with Gasteiger partial charge in [0.1, 0.15) is 17.1 Å². The lowest BCUT2D eigenvalue weighted by atomic mass is 9.97. The highest BCUT2D eigenvalue weighted by molar-refractivity contribution is 5.91. The minimum Gasteiger partial charge on any atom is -0.507 e.